The van der Waals surface area contributed by atoms with E-state index in [0.29, 0.717) is 17.9 Å². The van der Waals surface area contributed by atoms with Crippen LogP contribution in [0.25, 0.3) is 0 Å². The third-order valence-corrected chi connectivity index (χ3v) is 2.60. The lowest BCUT2D eigenvalue weighted by Gasteiger charge is -2.20. The third-order valence-electron chi connectivity index (χ3n) is 2.60. The molecule has 1 amide bonds. The minimum Gasteiger partial charge on any atom is -0.494 e. The highest BCUT2D eigenvalue weighted by atomic mass is 16.5. The molecular weight excluding hydrogens is 274 g/mol. The largest absolute Gasteiger partial charge is 0.494 e. The molecule has 0 radical (unpaired) electrons. The molecule has 0 aliphatic heterocycles. The molecule has 0 spiro atoms. The molecule has 1 atom stereocenters. The lowest BCUT2D eigenvalue weighted by atomic mass is 10.0. The number of carboxylic acid groups (broad SMARTS) is 1. The van der Waals surface area contributed by atoms with Crippen molar-refractivity contribution in [1.29, 1.82) is 0 Å². The number of para-hydroxylation sites is 1. The van der Waals surface area contributed by atoms with Gasteiger partial charge in [-0.1, -0.05) is 30.9 Å². The van der Waals surface area contributed by atoms with Crippen LogP contribution in [-0.4, -0.2) is 30.4 Å². The predicted octanol–water partition coefficient (Wildman–Crippen LogP) is 2.51. The molecule has 0 saturated carbocycles. The van der Waals surface area contributed by atoms with Gasteiger partial charge in [0.05, 0.1) is 19.1 Å². The van der Waals surface area contributed by atoms with E-state index in [0.717, 1.165) is 0 Å². The van der Waals surface area contributed by atoms with E-state index in [4.69, 9.17) is 14.6 Å². The Kier molecular flexibility index (Phi) is 6.80. The minimum atomic E-state index is -1.03. The number of carboxylic acids is 1. The highest BCUT2D eigenvalue weighted by Crippen LogP contribution is 2.27. The van der Waals surface area contributed by atoms with Crippen LogP contribution < -0.4 is 10.1 Å². The number of benzene rings is 1. The molecule has 114 valence electrons. The Labute approximate surface area is 123 Å². The zero-order chi connectivity index (χ0) is 15.7. The number of hydrogen-bond acceptors (Lipinski definition) is 4. The van der Waals surface area contributed by atoms with Crippen molar-refractivity contribution in [1.82, 2.24) is 5.32 Å². The molecule has 1 aromatic carbocycles. The molecule has 6 nitrogen and oxygen atoms in total. The average molecular weight is 293 g/mol. The maximum Gasteiger partial charge on any atom is 0.407 e. The van der Waals surface area contributed by atoms with E-state index in [-0.39, 0.29) is 13.0 Å². The number of amides is 1. The zero-order valence-corrected chi connectivity index (χ0v) is 11.9. The van der Waals surface area contributed by atoms with Crippen LogP contribution in [0.15, 0.2) is 36.9 Å². The second-order valence-corrected chi connectivity index (χ2v) is 4.15. The Morgan fingerprint density at radius 3 is 2.76 bits per heavy atom. The standard InChI is InChI=1S/C15H19NO5/c1-3-9-21-15(19)16-12(10-14(17)18)11-7-5-6-8-13(11)20-4-2/h3,5-8,12H,1,4,9-10H2,2H3,(H,16,19)(H,17,18)/t12-/m1/s1. The van der Waals surface area contributed by atoms with E-state index < -0.39 is 18.1 Å². The molecular formula is C15H19NO5. The van der Waals surface area contributed by atoms with Gasteiger partial charge in [0, 0.05) is 5.56 Å². The second-order valence-electron chi connectivity index (χ2n) is 4.15. The predicted molar refractivity (Wildman–Crippen MR) is 77.3 cm³/mol. The number of carbonyl (C=O) groups is 2. The number of alkyl carbamates (subject to hydrolysis) is 1. The van der Waals surface area contributed by atoms with Crippen LogP contribution >= 0.6 is 0 Å². The fourth-order valence-corrected chi connectivity index (χ4v) is 1.79. The van der Waals surface area contributed by atoms with E-state index in [1.54, 1.807) is 24.3 Å². The van der Waals surface area contributed by atoms with Crippen LogP contribution in [0, 0.1) is 0 Å². The van der Waals surface area contributed by atoms with Gasteiger partial charge in [-0.05, 0) is 13.0 Å². The second kappa shape index (κ2) is 8.63. The summed E-state index contributed by atoms with van der Waals surface area (Å²) in [5, 5.41) is 11.5. The smallest absolute Gasteiger partial charge is 0.407 e. The van der Waals surface area contributed by atoms with Crippen LogP contribution in [0.5, 0.6) is 5.75 Å². The molecule has 21 heavy (non-hydrogen) atoms. The van der Waals surface area contributed by atoms with Crippen LogP contribution in [0.4, 0.5) is 4.79 Å². The molecule has 0 bridgehead atoms. The lowest BCUT2D eigenvalue weighted by molar-refractivity contribution is -0.137. The fourth-order valence-electron chi connectivity index (χ4n) is 1.79. The number of rotatable bonds is 8. The molecule has 0 aromatic heterocycles. The van der Waals surface area contributed by atoms with Crippen molar-refractivity contribution < 1.29 is 24.2 Å². The van der Waals surface area contributed by atoms with Crippen molar-refractivity contribution in [3.05, 3.63) is 42.5 Å². The summed E-state index contributed by atoms with van der Waals surface area (Å²) in [7, 11) is 0. The van der Waals surface area contributed by atoms with Gasteiger partial charge in [0.15, 0.2) is 0 Å². The molecule has 0 aliphatic rings. The van der Waals surface area contributed by atoms with Gasteiger partial charge in [0.2, 0.25) is 0 Å². The summed E-state index contributed by atoms with van der Waals surface area (Å²) >= 11 is 0. The summed E-state index contributed by atoms with van der Waals surface area (Å²) in [6.45, 7) is 5.76. The first-order valence-electron chi connectivity index (χ1n) is 6.56. The molecule has 6 heteroatoms. The number of ether oxygens (including phenoxy) is 2. The lowest BCUT2D eigenvalue weighted by Crippen LogP contribution is -2.31. The Morgan fingerprint density at radius 2 is 2.14 bits per heavy atom. The summed E-state index contributed by atoms with van der Waals surface area (Å²) in [4.78, 5) is 22.6. The van der Waals surface area contributed by atoms with Crippen molar-refractivity contribution >= 4 is 12.1 Å². The maximum atomic E-state index is 11.6. The SMILES string of the molecule is C=CCOC(=O)N[C@H](CC(=O)O)c1ccccc1OCC. The number of hydrogen-bond donors (Lipinski definition) is 2. The van der Waals surface area contributed by atoms with Crippen molar-refractivity contribution in [3.63, 3.8) is 0 Å². The maximum absolute atomic E-state index is 11.6. The first-order valence-corrected chi connectivity index (χ1v) is 6.56. The van der Waals surface area contributed by atoms with Gasteiger partial charge in [0.1, 0.15) is 12.4 Å². The van der Waals surface area contributed by atoms with Crippen molar-refractivity contribution in [3.8, 4) is 5.75 Å². The molecule has 1 rings (SSSR count). The molecule has 0 heterocycles. The normalized spacial score (nSPS) is 11.3. The fraction of sp³-hybridized carbons (Fsp3) is 0.333. The van der Waals surface area contributed by atoms with Gasteiger partial charge in [-0.2, -0.15) is 0 Å². The van der Waals surface area contributed by atoms with E-state index >= 15 is 0 Å². The van der Waals surface area contributed by atoms with Gasteiger partial charge in [0.25, 0.3) is 0 Å². The summed E-state index contributed by atoms with van der Waals surface area (Å²) in [6.07, 6.45) is 0.458. The zero-order valence-electron chi connectivity index (χ0n) is 11.9. The summed E-state index contributed by atoms with van der Waals surface area (Å²) in [5.41, 5.74) is 0.595. The summed E-state index contributed by atoms with van der Waals surface area (Å²) in [6, 6.07) is 6.24. The highest BCUT2D eigenvalue weighted by molar-refractivity contribution is 5.72. The van der Waals surface area contributed by atoms with Crippen LogP contribution in [0.3, 0.4) is 0 Å². The average Bonchev–Trinajstić information content (AvgIpc) is 2.45. The monoisotopic (exact) mass is 293 g/mol. The van der Waals surface area contributed by atoms with Gasteiger partial charge < -0.3 is 19.9 Å². The first-order chi connectivity index (χ1) is 10.1. The topological polar surface area (TPSA) is 84.9 Å². The molecule has 0 unspecified atom stereocenters. The highest BCUT2D eigenvalue weighted by Gasteiger charge is 2.21. The molecule has 0 fully saturated rings. The Bertz CT molecular complexity index is 501. The summed E-state index contributed by atoms with van der Waals surface area (Å²) < 4.78 is 10.3. The Balaban J connectivity index is 2.93. The van der Waals surface area contributed by atoms with Gasteiger partial charge in [-0.25, -0.2) is 4.79 Å². The van der Waals surface area contributed by atoms with E-state index in [9.17, 15) is 9.59 Å². The molecule has 1 aromatic rings. The van der Waals surface area contributed by atoms with Crippen molar-refractivity contribution in [2.75, 3.05) is 13.2 Å². The van der Waals surface area contributed by atoms with Gasteiger partial charge in [-0.15, -0.1) is 0 Å². The molecule has 0 aliphatic carbocycles. The van der Waals surface area contributed by atoms with Crippen molar-refractivity contribution in [2.24, 2.45) is 0 Å². The first kappa shape index (κ1) is 16.6. The Morgan fingerprint density at radius 1 is 1.43 bits per heavy atom. The number of carbonyl (C=O) groups excluding carboxylic acids is 1. The molecule has 2 N–H and O–H groups in total. The van der Waals surface area contributed by atoms with Gasteiger partial charge >= 0.3 is 12.1 Å². The van der Waals surface area contributed by atoms with Crippen LogP contribution in [-0.2, 0) is 9.53 Å². The van der Waals surface area contributed by atoms with E-state index in [1.165, 1.54) is 6.08 Å². The summed E-state index contributed by atoms with van der Waals surface area (Å²) in [5.74, 6) is -0.495. The van der Waals surface area contributed by atoms with Crippen molar-refractivity contribution in [2.45, 2.75) is 19.4 Å². The van der Waals surface area contributed by atoms with E-state index in [2.05, 4.69) is 11.9 Å². The van der Waals surface area contributed by atoms with E-state index in [1.807, 2.05) is 6.92 Å². The van der Waals surface area contributed by atoms with Crippen LogP contribution in [0.1, 0.15) is 24.9 Å². The van der Waals surface area contributed by atoms with Gasteiger partial charge in [-0.3, -0.25) is 4.79 Å². The Hall–Kier alpha value is -2.50. The third kappa shape index (κ3) is 5.56. The minimum absolute atomic E-state index is 0.0543. The quantitative estimate of drug-likeness (QED) is 0.719. The number of aliphatic carboxylic acids is 1. The van der Waals surface area contributed by atoms with Crippen LogP contribution in [0.2, 0.25) is 0 Å². The molecule has 0 saturated heterocycles. The number of nitrogens with one attached hydrogen (secondary N) is 1.